The summed E-state index contributed by atoms with van der Waals surface area (Å²) in [6.07, 6.45) is 7.11. The summed E-state index contributed by atoms with van der Waals surface area (Å²) in [6, 6.07) is 0. The first-order valence-corrected chi connectivity index (χ1v) is 7.97. The highest BCUT2D eigenvalue weighted by molar-refractivity contribution is 5.65. The summed E-state index contributed by atoms with van der Waals surface area (Å²) in [7, 11) is 0. The van der Waals surface area contributed by atoms with Crippen LogP contribution >= 0.6 is 0 Å². The Balaban J connectivity index is 0. The Bertz CT molecular complexity index is 177. The molecular formula is C16H34O4. The van der Waals surface area contributed by atoms with E-state index in [1.165, 1.54) is 32.6 Å². The number of hydrogen-bond acceptors (Lipinski definition) is 4. The van der Waals surface area contributed by atoms with E-state index < -0.39 is 0 Å². The normalized spacial score (nSPS) is 9.80. The molecule has 0 saturated heterocycles. The molecule has 0 aromatic carbocycles. The molecule has 0 aromatic rings. The van der Waals surface area contributed by atoms with E-state index in [0.29, 0.717) is 13.2 Å². The van der Waals surface area contributed by atoms with Gasteiger partial charge in [0.1, 0.15) is 6.61 Å². The van der Waals surface area contributed by atoms with Gasteiger partial charge >= 0.3 is 5.97 Å². The Labute approximate surface area is 125 Å². The molecule has 0 heterocycles. The molecule has 0 aromatic heterocycles. The Morgan fingerprint density at radius 1 is 0.700 bits per heavy atom. The van der Waals surface area contributed by atoms with Crippen LogP contribution in [0.4, 0.5) is 0 Å². The van der Waals surface area contributed by atoms with Crippen molar-refractivity contribution in [2.45, 2.75) is 66.2 Å². The fraction of sp³-hybridized carbons (Fsp3) is 0.938. The summed E-state index contributed by atoms with van der Waals surface area (Å²) < 4.78 is 15.1. The first kappa shape index (κ1) is 21.7. The molecule has 0 spiro atoms. The predicted molar refractivity (Wildman–Crippen MR) is 83.0 cm³/mol. The molecular weight excluding hydrogens is 256 g/mol. The second kappa shape index (κ2) is 20.7. The zero-order valence-electron chi connectivity index (χ0n) is 13.9. The fourth-order valence-electron chi connectivity index (χ4n) is 1.19. The van der Waals surface area contributed by atoms with Crippen molar-refractivity contribution >= 4 is 5.97 Å². The minimum atomic E-state index is -0.246. The number of unbranched alkanes of at least 4 members (excludes halogenated alkanes) is 3. The van der Waals surface area contributed by atoms with E-state index in [1.807, 2.05) is 0 Å². The standard InChI is InChI=1S/C8H16O3.C8H18O/c1-3-4-5-10-6-7-11-8(2)9;1-3-5-7-9-8-6-4-2/h3-7H2,1-2H3;3-8H2,1-2H3. The van der Waals surface area contributed by atoms with Crippen LogP contribution < -0.4 is 0 Å². The second-order valence-corrected chi connectivity index (χ2v) is 4.63. The van der Waals surface area contributed by atoms with Crippen molar-refractivity contribution in [3.8, 4) is 0 Å². The van der Waals surface area contributed by atoms with Crippen LogP contribution in [0.2, 0.25) is 0 Å². The molecule has 0 aliphatic carbocycles. The molecule has 0 radical (unpaired) electrons. The quantitative estimate of drug-likeness (QED) is 0.403. The third kappa shape index (κ3) is 26.1. The molecule has 20 heavy (non-hydrogen) atoms. The van der Waals surface area contributed by atoms with Crippen molar-refractivity contribution in [1.82, 2.24) is 0 Å². The van der Waals surface area contributed by atoms with E-state index in [0.717, 1.165) is 32.7 Å². The van der Waals surface area contributed by atoms with Crippen LogP contribution in [0.1, 0.15) is 66.2 Å². The van der Waals surface area contributed by atoms with Gasteiger partial charge in [-0.1, -0.05) is 40.0 Å². The van der Waals surface area contributed by atoms with Gasteiger partial charge in [0, 0.05) is 26.7 Å². The van der Waals surface area contributed by atoms with Crippen LogP contribution in [0.15, 0.2) is 0 Å². The summed E-state index contributed by atoms with van der Waals surface area (Å²) in [4.78, 5) is 10.3. The predicted octanol–water partition coefficient (Wildman–Crippen LogP) is 3.97. The maximum Gasteiger partial charge on any atom is 0.302 e. The zero-order valence-corrected chi connectivity index (χ0v) is 13.9. The molecule has 0 saturated carbocycles. The Morgan fingerprint density at radius 3 is 1.45 bits per heavy atom. The summed E-state index contributed by atoms with van der Waals surface area (Å²) in [5.74, 6) is -0.246. The van der Waals surface area contributed by atoms with E-state index in [-0.39, 0.29) is 5.97 Å². The maximum absolute atomic E-state index is 10.3. The minimum absolute atomic E-state index is 0.246. The summed E-state index contributed by atoms with van der Waals surface area (Å²) in [6.45, 7) is 11.4. The molecule has 0 aliphatic heterocycles. The summed E-state index contributed by atoms with van der Waals surface area (Å²) in [5, 5.41) is 0. The van der Waals surface area contributed by atoms with Gasteiger partial charge in [-0.05, 0) is 19.3 Å². The zero-order chi connectivity index (χ0) is 15.5. The molecule has 0 bridgehead atoms. The van der Waals surface area contributed by atoms with Crippen LogP contribution in [0.3, 0.4) is 0 Å². The summed E-state index contributed by atoms with van der Waals surface area (Å²) in [5.41, 5.74) is 0. The molecule has 4 heteroatoms. The van der Waals surface area contributed by atoms with Gasteiger partial charge in [-0.25, -0.2) is 0 Å². The molecule has 122 valence electrons. The van der Waals surface area contributed by atoms with Gasteiger partial charge in [0.05, 0.1) is 6.61 Å². The lowest BCUT2D eigenvalue weighted by molar-refractivity contribution is -0.142. The van der Waals surface area contributed by atoms with Gasteiger partial charge in [-0.3, -0.25) is 4.79 Å². The molecule has 0 rings (SSSR count). The molecule has 0 amide bonds. The van der Waals surface area contributed by atoms with Gasteiger partial charge < -0.3 is 14.2 Å². The summed E-state index contributed by atoms with van der Waals surface area (Å²) >= 11 is 0. The van der Waals surface area contributed by atoms with Crippen LogP contribution in [0, 0.1) is 0 Å². The van der Waals surface area contributed by atoms with Crippen molar-refractivity contribution in [1.29, 1.82) is 0 Å². The molecule has 0 unspecified atom stereocenters. The smallest absolute Gasteiger partial charge is 0.302 e. The van der Waals surface area contributed by atoms with E-state index in [4.69, 9.17) is 9.47 Å². The van der Waals surface area contributed by atoms with E-state index in [2.05, 4.69) is 25.5 Å². The van der Waals surface area contributed by atoms with Crippen LogP contribution in [0.5, 0.6) is 0 Å². The van der Waals surface area contributed by atoms with Crippen molar-refractivity contribution in [3.05, 3.63) is 0 Å². The largest absolute Gasteiger partial charge is 0.463 e. The highest BCUT2D eigenvalue weighted by Gasteiger charge is 1.91. The fourth-order valence-corrected chi connectivity index (χ4v) is 1.19. The lowest BCUT2D eigenvalue weighted by Crippen LogP contribution is -2.07. The maximum atomic E-state index is 10.3. The van der Waals surface area contributed by atoms with Crippen molar-refractivity contribution < 1.29 is 19.0 Å². The van der Waals surface area contributed by atoms with Crippen LogP contribution in [-0.4, -0.2) is 39.0 Å². The van der Waals surface area contributed by atoms with Gasteiger partial charge in [-0.2, -0.15) is 0 Å². The Hall–Kier alpha value is -0.610. The number of hydrogen-bond donors (Lipinski definition) is 0. The monoisotopic (exact) mass is 290 g/mol. The highest BCUT2D eigenvalue weighted by Crippen LogP contribution is 1.91. The van der Waals surface area contributed by atoms with E-state index >= 15 is 0 Å². The number of ether oxygens (including phenoxy) is 3. The molecule has 4 nitrogen and oxygen atoms in total. The van der Waals surface area contributed by atoms with Crippen molar-refractivity contribution in [3.63, 3.8) is 0 Å². The Morgan fingerprint density at radius 2 is 1.10 bits per heavy atom. The number of carbonyl (C=O) groups is 1. The number of rotatable bonds is 12. The topological polar surface area (TPSA) is 44.8 Å². The van der Waals surface area contributed by atoms with Crippen molar-refractivity contribution in [2.24, 2.45) is 0 Å². The Kier molecular flexibility index (Phi) is 22.4. The van der Waals surface area contributed by atoms with Crippen LogP contribution in [-0.2, 0) is 19.0 Å². The molecule has 0 N–H and O–H groups in total. The lowest BCUT2D eigenvalue weighted by atomic mass is 10.3. The third-order valence-corrected chi connectivity index (χ3v) is 2.46. The first-order valence-electron chi connectivity index (χ1n) is 7.97. The average molecular weight is 290 g/mol. The van der Waals surface area contributed by atoms with Crippen molar-refractivity contribution in [2.75, 3.05) is 33.0 Å². The molecule has 0 fully saturated rings. The first-order chi connectivity index (χ1) is 9.68. The van der Waals surface area contributed by atoms with Gasteiger partial charge in [0.25, 0.3) is 0 Å². The molecule has 0 atom stereocenters. The van der Waals surface area contributed by atoms with E-state index in [9.17, 15) is 4.79 Å². The number of carbonyl (C=O) groups excluding carboxylic acids is 1. The van der Waals surface area contributed by atoms with Gasteiger partial charge in [0.2, 0.25) is 0 Å². The third-order valence-electron chi connectivity index (χ3n) is 2.46. The molecule has 0 aliphatic rings. The van der Waals surface area contributed by atoms with Gasteiger partial charge in [-0.15, -0.1) is 0 Å². The lowest BCUT2D eigenvalue weighted by Gasteiger charge is -2.02. The second-order valence-electron chi connectivity index (χ2n) is 4.63. The van der Waals surface area contributed by atoms with Gasteiger partial charge in [0.15, 0.2) is 0 Å². The highest BCUT2D eigenvalue weighted by atomic mass is 16.6. The SMILES string of the molecule is CCCCOCCCC.CCCCOCCOC(C)=O. The minimum Gasteiger partial charge on any atom is -0.463 e. The average Bonchev–Trinajstić information content (AvgIpc) is 2.43. The van der Waals surface area contributed by atoms with Crippen LogP contribution in [0.25, 0.3) is 0 Å². The van der Waals surface area contributed by atoms with E-state index in [1.54, 1.807) is 0 Å². The number of esters is 1.